The molecule has 7 nitrogen and oxygen atoms in total. The number of benzene rings is 3. The predicted molar refractivity (Wildman–Crippen MR) is 132 cm³/mol. The number of hydrogen-bond acceptors (Lipinski definition) is 7. The Morgan fingerprint density at radius 2 is 1.57 bits per heavy atom. The third kappa shape index (κ3) is 4.57. The van der Waals surface area contributed by atoms with Crippen LogP contribution in [0.15, 0.2) is 76.1 Å². The largest absolute Gasteiger partial charge is 0.497 e. The molecule has 0 fully saturated rings. The van der Waals surface area contributed by atoms with E-state index in [4.69, 9.17) is 23.4 Å². The Kier molecular flexibility index (Phi) is 7.06. The van der Waals surface area contributed by atoms with Gasteiger partial charge in [0.1, 0.15) is 29.1 Å². The molecule has 0 saturated heterocycles. The van der Waals surface area contributed by atoms with Crippen LogP contribution in [0.5, 0.6) is 17.2 Å². The molecule has 0 aliphatic rings. The number of carbonyl (C=O) groups excluding carboxylic acids is 1. The van der Waals surface area contributed by atoms with Crippen LogP contribution < -0.4 is 19.6 Å². The van der Waals surface area contributed by atoms with Gasteiger partial charge in [0, 0.05) is 17.0 Å². The van der Waals surface area contributed by atoms with Crippen LogP contribution in [-0.4, -0.2) is 34.4 Å². The quantitative estimate of drug-likeness (QED) is 0.325. The zero-order valence-electron chi connectivity index (χ0n) is 20.0. The molecule has 0 saturated carbocycles. The van der Waals surface area contributed by atoms with Crippen LogP contribution in [-0.2, 0) is 9.53 Å². The summed E-state index contributed by atoms with van der Waals surface area (Å²) in [5, 5.41) is 0.374. The van der Waals surface area contributed by atoms with Gasteiger partial charge in [-0.3, -0.25) is 9.59 Å². The number of fused-ring (bicyclic) bond motifs is 1. The van der Waals surface area contributed by atoms with Gasteiger partial charge in [0.15, 0.2) is 0 Å². The molecular formula is C28H26O7. The summed E-state index contributed by atoms with van der Waals surface area (Å²) >= 11 is 0. The molecule has 0 radical (unpaired) electrons. The monoisotopic (exact) mass is 474 g/mol. The SMILES string of the molecule is COC(=O)CC(c1ccccc1OC)c1c(OC)ccc2c(=O)c(-c3ccc(OC)cc3)coc12. The summed E-state index contributed by atoms with van der Waals surface area (Å²) in [7, 11) is 6.02. The standard InChI is InChI=1S/C28H26O7/c1-31-18-11-9-17(10-12-18)22-16-35-28-20(27(22)30)13-14-24(33-3)26(28)21(15-25(29)34-4)19-7-5-6-8-23(19)32-2/h5-14,16,21H,15H2,1-4H3. The molecule has 1 atom stereocenters. The lowest BCUT2D eigenvalue weighted by Gasteiger charge is -2.22. The Labute approximate surface area is 202 Å². The summed E-state index contributed by atoms with van der Waals surface area (Å²) in [5.74, 6) is 0.799. The molecule has 7 heteroatoms. The fourth-order valence-corrected chi connectivity index (χ4v) is 4.25. The molecule has 0 amide bonds. The first-order valence-electron chi connectivity index (χ1n) is 11.0. The maximum Gasteiger partial charge on any atom is 0.306 e. The van der Waals surface area contributed by atoms with E-state index in [0.29, 0.717) is 44.9 Å². The first-order chi connectivity index (χ1) is 17.0. The molecule has 0 spiro atoms. The zero-order valence-corrected chi connectivity index (χ0v) is 20.0. The summed E-state index contributed by atoms with van der Waals surface area (Å²) in [6, 6.07) is 18.0. The molecule has 0 aliphatic carbocycles. The maximum absolute atomic E-state index is 13.5. The summed E-state index contributed by atoms with van der Waals surface area (Å²) in [4.78, 5) is 26.0. The number of methoxy groups -OCH3 is 4. The van der Waals surface area contributed by atoms with Crippen LogP contribution in [0, 0.1) is 0 Å². The van der Waals surface area contributed by atoms with Gasteiger partial charge in [0.2, 0.25) is 5.43 Å². The van der Waals surface area contributed by atoms with Crippen molar-refractivity contribution >= 4 is 16.9 Å². The molecule has 3 aromatic carbocycles. The summed E-state index contributed by atoms with van der Waals surface area (Å²) in [5.41, 5.74) is 2.57. The van der Waals surface area contributed by atoms with Crippen molar-refractivity contribution in [3.05, 3.63) is 88.3 Å². The van der Waals surface area contributed by atoms with E-state index in [2.05, 4.69) is 0 Å². The van der Waals surface area contributed by atoms with Crippen LogP contribution in [0.1, 0.15) is 23.5 Å². The van der Waals surface area contributed by atoms with Crippen LogP contribution in [0.25, 0.3) is 22.1 Å². The topological polar surface area (TPSA) is 84.2 Å². The summed E-state index contributed by atoms with van der Waals surface area (Å²) in [6.45, 7) is 0. The average molecular weight is 475 g/mol. The molecule has 0 bridgehead atoms. The molecule has 4 rings (SSSR count). The summed E-state index contributed by atoms with van der Waals surface area (Å²) < 4.78 is 27.5. The highest BCUT2D eigenvalue weighted by molar-refractivity contribution is 5.87. The van der Waals surface area contributed by atoms with Crippen molar-refractivity contribution in [1.29, 1.82) is 0 Å². The Morgan fingerprint density at radius 3 is 2.23 bits per heavy atom. The van der Waals surface area contributed by atoms with Crippen molar-refractivity contribution in [2.75, 3.05) is 28.4 Å². The maximum atomic E-state index is 13.5. The Bertz CT molecular complexity index is 1400. The van der Waals surface area contributed by atoms with Gasteiger partial charge in [-0.05, 0) is 35.9 Å². The minimum Gasteiger partial charge on any atom is -0.497 e. The lowest BCUT2D eigenvalue weighted by molar-refractivity contribution is -0.140. The number of ether oxygens (including phenoxy) is 4. The molecule has 35 heavy (non-hydrogen) atoms. The van der Waals surface area contributed by atoms with E-state index in [1.807, 2.05) is 24.3 Å². The van der Waals surface area contributed by atoms with E-state index in [1.165, 1.54) is 20.5 Å². The normalized spacial score (nSPS) is 11.7. The molecule has 0 aliphatic heterocycles. The minimum atomic E-state index is -0.549. The van der Waals surface area contributed by atoms with Gasteiger partial charge >= 0.3 is 5.97 Å². The van der Waals surface area contributed by atoms with Crippen molar-refractivity contribution in [2.24, 2.45) is 0 Å². The van der Waals surface area contributed by atoms with Gasteiger partial charge in [0.25, 0.3) is 0 Å². The highest BCUT2D eigenvalue weighted by atomic mass is 16.5. The second kappa shape index (κ2) is 10.3. The van der Waals surface area contributed by atoms with Crippen molar-refractivity contribution in [3.8, 4) is 28.4 Å². The van der Waals surface area contributed by atoms with E-state index in [0.717, 1.165) is 5.56 Å². The van der Waals surface area contributed by atoms with E-state index in [-0.39, 0.29) is 11.8 Å². The molecule has 1 unspecified atom stereocenters. The summed E-state index contributed by atoms with van der Waals surface area (Å²) in [6.07, 6.45) is 1.43. The van der Waals surface area contributed by atoms with Gasteiger partial charge in [-0.2, -0.15) is 0 Å². The molecule has 180 valence electrons. The highest BCUT2D eigenvalue weighted by Crippen LogP contribution is 2.42. The van der Waals surface area contributed by atoms with Gasteiger partial charge < -0.3 is 23.4 Å². The number of carbonyl (C=O) groups is 1. The predicted octanol–water partition coefficient (Wildman–Crippen LogP) is 5.18. The lowest BCUT2D eigenvalue weighted by Crippen LogP contribution is -2.14. The Hall–Kier alpha value is -4.26. The third-order valence-corrected chi connectivity index (χ3v) is 6.02. The second-order valence-corrected chi connectivity index (χ2v) is 7.84. The minimum absolute atomic E-state index is 0.00368. The fraction of sp³-hybridized carbons (Fsp3) is 0.214. The van der Waals surface area contributed by atoms with Crippen LogP contribution in [0.4, 0.5) is 0 Å². The van der Waals surface area contributed by atoms with Crippen molar-refractivity contribution < 1.29 is 28.2 Å². The van der Waals surface area contributed by atoms with Gasteiger partial charge in [-0.25, -0.2) is 0 Å². The van der Waals surface area contributed by atoms with Crippen molar-refractivity contribution in [3.63, 3.8) is 0 Å². The number of hydrogen-bond donors (Lipinski definition) is 0. The average Bonchev–Trinajstić information content (AvgIpc) is 2.91. The van der Waals surface area contributed by atoms with E-state index in [1.54, 1.807) is 50.6 Å². The van der Waals surface area contributed by atoms with E-state index >= 15 is 0 Å². The second-order valence-electron chi connectivity index (χ2n) is 7.84. The van der Waals surface area contributed by atoms with Crippen LogP contribution >= 0.6 is 0 Å². The van der Waals surface area contributed by atoms with Gasteiger partial charge in [0.05, 0.1) is 45.8 Å². The van der Waals surface area contributed by atoms with Crippen molar-refractivity contribution in [1.82, 2.24) is 0 Å². The van der Waals surface area contributed by atoms with E-state index < -0.39 is 11.9 Å². The number of rotatable bonds is 8. The smallest absolute Gasteiger partial charge is 0.306 e. The number of esters is 1. The molecule has 0 N–H and O–H groups in total. The Morgan fingerprint density at radius 1 is 0.857 bits per heavy atom. The van der Waals surface area contributed by atoms with Crippen LogP contribution in [0.3, 0.4) is 0 Å². The van der Waals surface area contributed by atoms with Crippen molar-refractivity contribution in [2.45, 2.75) is 12.3 Å². The van der Waals surface area contributed by atoms with Gasteiger partial charge in [-0.15, -0.1) is 0 Å². The number of para-hydroxylation sites is 1. The third-order valence-electron chi connectivity index (χ3n) is 6.02. The molecule has 4 aromatic rings. The molecular weight excluding hydrogens is 448 g/mol. The first kappa shape index (κ1) is 23.9. The highest BCUT2D eigenvalue weighted by Gasteiger charge is 2.29. The van der Waals surface area contributed by atoms with Crippen LogP contribution in [0.2, 0.25) is 0 Å². The molecule has 1 aromatic heterocycles. The first-order valence-corrected chi connectivity index (χ1v) is 11.0. The lowest BCUT2D eigenvalue weighted by atomic mass is 9.86. The fourth-order valence-electron chi connectivity index (χ4n) is 4.25. The molecule has 1 heterocycles. The Balaban J connectivity index is 1.97. The zero-order chi connectivity index (χ0) is 24.9. The van der Waals surface area contributed by atoms with Gasteiger partial charge in [-0.1, -0.05) is 30.3 Å². The van der Waals surface area contributed by atoms with E-state index in [9.17, 15) is 9.59 Å².